The number of hydrogen-bond acceptors (Lipinski definition) is 3. The summed E-state index contributed by atoms with van der Waals surface area (Å²) < 4.78 is 0. The molecule has 0 unspecified atom stereocenters. The highest BCUT2D eigenvalue weighted by Gasteiger charge is 2.55. The van der Waals surface area contributed by atoms with Crippen LogP contribution in [0.3, 0.4) is 0 Å². The molecule has 0 heterocycles. The van der Waals surface area contributed by atoms with Crippen molar-refractivity contribution < 1.29 is 14.7 Å². The SMILES string of the molecule is C=CC1=CC[C@H]2C(=O)C=C(C)C(=O)[C@@]2(C)[C@H]1c1ccc2ccccc2c1O. The van der Waals surface area contributed by atoms with Crippen molar-refractivity contribution in [2.24, 2.45) is 11.3 Å². The van der Waals surface area contributed by atoms with Gasteiger partial charge in [0.25, 0.3) is 0 Å². The Morgan fingerprint density at radius 1 is 1.19 bits per heavy atom. The van der Waals surface area contributed by atoms with Gasteiger partial charge in [-0.1, -0.05) is 62.1 Å². The zero-order chi connectivity index (χ0) is 19.3. The van der Waals surface area contributed by atoms with Crippen LogP contribution in [0.4, 0.5) is 0 Å². The molecular formula is C24H22O3. The second-order valence-corrected chi connectivity index (χ2v) is 7.70. The summed E-state index contributed by atoms with van der Waals surface area (Å²) in [6, 6.07) is 11.4. The third kappa shape index (κ3) is 2.34. The number of phenolic OH excluding ortho intramolecular Hbond substituents is 1. The van der Waals surface area contributed by atoms with E-state index in [1.807, 2.05) is 49.4 Å². The van der Waals surface area contributed by atoms with Crippen molar-refractivity contribution in [1.29, 1.82) is 0 Å². The van der Waals surface area contributed by atoms with Gasteiger partial charge in [-0.2, -0.15) is 0 Å². The Labute approximate surface area is 158 Å². The molecule has 0 aromatic heterocycles. The lowest BCUT2D eigenvalue weighted by molar-refractivity contribution is -0.137. The van der Waals surface area contributed by atoms with E-state index in [1.54, 1.807) is 13.0 Å². The maximum atomic E-state index is 13.3. The van der Waals surface area contributed by atoms with Crippen LogP contribution in [0, 0.1) is 11.3 Å². The van der Waals surface area contributed by atoms with Gasteiger partial charge in [0.1, 0.15) is 5.75 Å². The van der Waals surface area contributed by atoms with Crippen molar-refractivity contribution in [2.45, 2.75) is 26.2 Å². The first-order valence-corrected chi connectivity index (χ1v) is 9.19. The van der Waals surface area contributed by atoms with Gasteiger partial charge in [-0.25, -0.2) is 0 Å². The zero-order valence-corrected chi connectivity index (χ0v) is 15.5. The molecule has 2 aromatic rings. The molecular weight excluding hydrogens is 336 g/mol. The van der Waals surface area contributed by atoms with Gasteiger partial charge in [0.05, 0.1) is 5.41 Å². The second kappa shape index (κ2) is 6.05. The van der Waals surface area contributed by atoms with Crippen molar-refractivity contribution in [3.05, 3.63) is 77.9 Å². The highest BCUT2D eigenvalue weighted by Crippen LogP contribution is 2.56. The van der Waals surface area contributed by atoms with Crippen LogP contribution in [-0.2, 0) is 9.59 Å². The Hall–Kier alpha value is -2.94. The number of fused-ring (bicyclic) bond motifs is 2. The fourth-order valence-electron chi connectivity index (χ4n) is 4.88. The average molecular weight is 358 g/mol. The van der Waals surface area contributed by atoms with Gasteiger partial charge in [-0.05, 0) is 36.0 Å². The summed E-state index contributed by atoms with van der Waals surface area (Å²) in [6.45, 7) is 7.49. The van der Waals surface area contributed by atoms with E-state index >= 15 is 0 Å². The molecule has 27 heavy (non-hydrogen) atoms. The zero-order valence-electron chi connectivity index (χ0n) is 15.5. The van der Waals surface area contributed by atoms with Crippen LogP contribution in [0.25, 0.3) is 10.8 Å². The topological polar surface area (TPSA) is 54.4 Å². The lowest BCUT2D eigenvalue weighted by Crippen LogP contribution is -2.49. The minimum Gasteiger partial charge on any atom is -0.507 e. The number of carbonyl (C=O) groups is 2. The number of phenols is 1. The number of aromatic hydroxyl groups is 1. The monoisotopic (exact) mass is 358 g/mol. The highest BCUT2D eigenvalue weighted by molar-refractivity contribution is 6.13. The fourth-order valence-corrected chi connectivity index (χ4v) is 4.88. The van der Waals surface area contributed by atoms with E-state index < -0.39 is 17.3 Å². The lowest BCUT2D eigenvalue weighted by atomic mass is 9.53. The molecule has 0 spiro atoms. The number of ketones is 2. The van der Waals surface area contributed by atoms with Gasteiger partial charge in [-0.3, -0.25) is 9.59 Å². The molecule has 136 valence electrons. The third-order valence-electron chi connectivity index (χ3n) is 6.27. The smallest absolute Gasteiger partial charge is 0.166 e. The van der Waals surface area contributed by atoms with Gasteiger partial charge in [0, 0.05) is 22.8 Å². The lowest BCUT2D eigenvalue weighted by Gasteiger charge is -2.47. The molecule has 0 saturated carbocycles. The van der Waals surface area contributed by atoms with Crippen molar-refractivity contribution in [3.8, 4) is 5.75 Å². The van der Waals surface area contributed by atoms with Gasteiger partial charge >= 0.3 is 0 Å². The third-order valence-corrected chi connectivity index (χ3v) is 6.27. The highest BCUT2D eigenvalue weighted by atomic mass is 16.3. The molecule has 0 bridgehead atoms. The number of carbonyl (C=O) groups excluding carboxylic acids is 2. The number of hydrogen-bond donors (Lipinski definition) is 1. The molecule has 0 fully saturated rings. The van der Waals surface area contributed by atoms with Crippen LogP contribution in [0.5, 0.6) is 5.75 Å². The van der Waals surface area contributed by atoms with E-state index in [2.05, 4.69) is 6.58 Å². The number of benzene rings is 2. The van der Waals surface area contributed by atoms with E-state index in [0.717, 1.165) is 16.3 Å². The summed E-state index contributed by atoms with van der Waals surface area (Å²) in [6.07, 6.45) is 5.71. The first kappa shape index (κ1) is 17.5. The fraction of sp³-hybridized carbons (Fsp3) is 0.250. The predicted molar refractivity (Wildman–Crippen MR) is 107 cm³/mol. The molecule has 2 aliphatic rings. The molecule has 2 aliphatic carbocycles. The first-order chi connectivity index (χ1) is 12.9. The Morgan fingerprint density at radius 2 is 1.93 bits per heavy atom. The molecule has 0 amide bonds. The van der Waals surface area contributed by atoms with Crippen molar-refractivity contribution in [3.63, 3.8) is 0 Å². The standard InChI is InChI=1S/C24H22O3/c1-4-15-10-12-19-20(25)13-14(2)23(27)24(19,3)21(15)18-11-9-16-7-5-6-8-17(16)22(18)26/h4-11,13,19,21,26H,1,12H2,2-3H3/t19-,21+,24+/m0/s1. The molecule has 0 saturated heterocycles. The van der Waals surface area contributed by atoms with E-state index in [4.69, 9.17) is 0 Å². The molecule has 0 radical (unpaired) electrons. The maximum absolute atomic E-state index is 13.3. The maximum Gasteiger partial charge on any atom is 0.166 e. The number of rotatable bonds is 2. The van der Waals surface area contributed by atoms with Crippen LogP contribution in [0.15, 0.2) is 72.4 Å². The summed E-state index contributed by atoms with van der Waals surface area (Å²) >= 11 is 0. The van der Waals surface area contributed by atoms with Crippen LogP contribution in [0.1, 0.15) is 31.7 Å². The Bertz CT molecular complexity index is 1060. The summed E-state index contributed by atoms with van der Waals surface area (Å²) in [4.78, 5) is 26.0. The van der Waals surface area contributed by atoms with E-state index in [1.165, 1.54) is 6.08 Å². The summed E-state index contributed by atoms with van der Waals surface area (Å²) in [5, 5.41) is 12.7. The molecule has 3 heteroatoms. The molecule has 1 N–H and O–H groups in total. The average Bonchev–Trinajstić information content (AvgIpc) is 2.67. The van der Waals surface area contributed by atoms with E-state index in [9.17, 15) is 14.7 Å². The van der Waals surface area contributed by atoms with Crippen LogP contribution < -0.4 is 0 Å². The molecule has 3 atom stereocenters. The van der Waals surface area contributed by atoms with Crippen molar-refractivity contribution >= 4 is 22.3 Å². The van der Waals surface area contributed by atoms with Gasteiger partial charge in [0.2, 0.25) is 0 Å². The van der Waals surface area contributed by atoms with Gasteiger partial charge < -0.3 is 5.11 Å². The first-order valence-electron chi connectivity index (χ1n) is 9.19. The van der Waals surface area contributed by atoms with Crippen molar-refractivity contribution in [2.75, 3.05) is 0 Å². The molecule has 2 aromatic carbocycles. The number of allylic oxidation sites excluding steroid dienone is 5. The van der Waals surface area contributed by atoms with E-state index in [0.29, 0.717) is 17.6 Å². The summed E-state index contributed by atoms with van der Waals surface area (Å²) in [5.41, 5.74) is 1.10. The summed E-state index contributed by atoms with van der Waals surface area (Å²) in [5.74, 6) is -0.719. The second-order valence-electron chi connectivity index (χ2n) is 7.70. The predicted octanol–water partition coefficient (Wildman–Crippen LogP) is 4.87. The van der Waals surface area contributed by atoms with Crippen LogP contribution in [-0.4, -0.2) is 16.7 Å². The molecule has 0 aliphatic heterocycles. The van der Waals surface area contributed by atoms with Gasteiger partial charge in [0.15, 0.2) is 11.6 Å². The normalized spacial score (nSPS) is 27.8. The van der Waals surface area contributed by atoms with Gasteiger partial charge in [-0.15, -0.1) is 0 Å². The minimum absolute atomic E-state index is 0.0146. The molecule has 3 nitrogen and oxygen atoms in total. The quantitative estimate of drug-likeness (QED) is 0.833. The van der Waals surface area contributed by atoms with Crippen LogP contribution in [0.2, 0.25) is 0 Å². The number of Topliss-reactive ketones (excluding diaryl/α,β-unsaturated/α-hetero) is 1. The van der Waals surface area contributed by atoms with E-state index in [-0.39, 0.29) is 17.3 Å². The summed E-state index contributed by atoms with van der Waals surface area (Å²) in [7, 11) is 0. The molecule has 4 rings (SSSR count). The Morgan fingerprint density at radius 3 is 2.67 bits per heavy atom. The largest absolute Gasteiger partial charge is 0.507 e. The Balaban J connectivity index is 2.00. The Kier molecular flexibility index (Phi) is 3.92. The van der Waals surface area contributed by atoms with Crippen molar-refractivity contribution in [1.82, 2.24) is 0 Å². The minimum atomic E-state index is -0.936. The van der Waals surface area contributed by atoms with Crippen LogP contribution >= 0.6 is 0 Å².